The highest BCUT2D eigenvalue weighted by atomic mass is 16.8. The van der Waals surface area contributed by atoms with Crippen molar-refractivity contribution in [2.75, 3.05) is 13.7 Å². The van der Waals surface area contributed by atoms with Crippen molar-refractivity contribution in [3.05, 3.63) is 48.6 Å². The van der Waals surface area contributed by atoms with Crippen LogP contribution >= 0.6 is 0 Å². The minimum absolute atomic E-state index is 0.216. The molecule has 0 spiro atoms. The van der Waals surface area contributed by atoms with Gasteiger partial charge in [0.25, 0.3) is 0 Å². The Labute approximate surface area is 146 Å². The Balaban J connectivity index is 1.59. The predicted octanol–water partition coefficient (Wildman–Crippen LogP) is 2.21. The summed E-state index contributed by atoms with van der Waals surface area (Å²) in [6.45, 7) is 4.10. The van der Waals surface area contributed by atoms with Gasteiger partial charge in [-0.05, 0) is 6.42 Å². The van der Waals surface area contributed by atoms with E-state index in [9.17, 15) is 4.79 Å². The van der Waals surface area contributed by atoms with Gasteiger partial charge in [-0.3, -0.25) is 4.79 Å². The summed E-state index contributed by atoms with van der Waals surface area (Å²) in [6, 6.07) is 9.71. The third-order valence-corrected chi connectivity index (χ3v) is 5.13. The molecule has 0 aliphatic carbocycles. The molecule has 0 radical (unpaired) electrons. The molecule has 3 saturated heterocycles. The summed E-state index contributed by atoms with van der Waals surface area (Å²) < 4.78 is 29.2. The van der Waals surface area contributed by atoms with Crippen molar-refractivity contribution in [3.63, 3.8) is 0 Å². The first kappa shape index (κ1) is 16.7. The number of benzene rings is 1. The SMILES string of the molecule is C=CC[C@H]1C(=O)O[C@@H]2[C@@H]3OC(c4ccccc4)OC[C@H]3O[C@H](OC)[C@@H]21. The van der Waals surface area contributed by atoms with Crippen LogP contribution < -0.4 is 0 Å². The smallest absolute Gasteiger partial charge is 0.310 e. The summed E-state index contributed by atoms with van der Waals surface area (Å²) in [5.74, 6) is -0.783. The molecular formula is C19H22O6. The molecule has 0 N–H and O–H groups in total. The van der Waals surface area contributed by atoms with Gasteiger partial charge in [-0.1, -0.05) is 36.4 Å². The van der Waals surface area contributed by atoms with E-state index >= 15 is 0 Å². The summed E-state index contributed by atoms with van der Waals surface area (Å²) in [4.78, 5) is 12.4. The van der Waals surface area contributed by atoms with Gasteiger partial charge in [0.15, 0.2) is 12.6 Å². The van der Waals surface area contributed by atoms with Gasteiger partial charge in [0, 0.05) is 12.7 Å². The Bertz CT molecular complexity index is 632. The number of allylic oxidation sites excluding steroid dienone is 1. The molecule has 3 heterocycles. The predicted molar refractivity (Wildman–Crippen MR) is 87.4 cm³/mol. The molecule has 3 aliphatic rings. The Morgan fingerprint density at radius 2 is 2.04 bits per heavy atom. The van der Waals surface area contributed by atoms with E-state index in [1.165, 1.54) is 0 Å². The van der Waals surface area contributed by atoms with Crippen LogP contribution in [0.2, 0.25) is 0 Å². The number of ether oxygens (including phenoxy) is 5. The van der Waals surface area contributed by atoms with Crippen molar-refractivity contribution in [1.82, 2.24) is 0 Å². The summed E-state index contributed by atoms with van der Waals surface area (Å²) in [7, 11) is 1.58. The minimum Gasteiger partial charge on any atom is -0.459 e. The maximum absolute atomic E-state index is 12.4. The Morgan fingerprint density at radius 1 is 1.24 bits per heavy atom. The van der Waals surface area contributed by atoms with Gasteiger partial charge in [0.1, 0.15) is 18.3 Å². The van der Waals surface area contributed by atoms with Gasteiger partial charge in [0.05, 0.1) is 18.4 Å². The highest BCUT2D eigenvalue weighted by Crippen LogP contribution is 2.45. The maximum Gasteiger partial charge on any atom is 0.310 e. The fourth-order valence-corrected chi connectivity index (χ4v) is 3.96. The second kappa shape index (κ2) is 6.88. The molecule has 25 heavy (non-hydrogen) atoms. The van der Waals surface area contributed by atoms with Crippen LogP contribution in [0.1, 0.15) is 18.3 Å². The van der Waals surface area contributed by atoms with E-state index in [0.717, 1.165) is 5.56 Å². The van der Waals surface area contributed by atoms with Crippen LogP contribution in [0, 0.1) is 11.8 Å². The summed E-state index contributed by atoms with van der Waals surface area (Å²) >= 11 is 0. The van der Waals surface area contributed by atoms with Crippen molar-refractivity contribution in [2.24, 2.45) is 11.8 Å². The summed E-state index contributed by atoms with van der Waals surface area (Å²) in [5.41, 5.74) is 0.929. The highest BCUT2D eigenvalue weighted by Gasteiger charge is 2.59. The Hall–Kier alpha value is -1.73. The molecule has 1 aromatic carbocycles. The lowest BCUT2D eigenvalue weighted by molar-refractivity contribution is -0.345. The average Bonchev–Trinajstić information content (AvgIpc) is 2.98. The first-order valence-corrected chi connectivity index (χ1v) is 8.54. The van der Waals surface area contributed by atoms with Crippen molar-refractivity contribution in [2.45, 2.75) is 37.3 Å². The number of methoxy groups -OCH3 is 1. The van der Waals surface area contributed by atoms with Crippen molar-refractivity contribution in [1.29, 1.82) is 0 Å². The minimum atomic E-state index is -0.525. The number of carbonyl (C=O) groups excluding carboxylic acids is 1. The fraction of sp³-hybridized carbons (Fsp3) is 0.526. The highest BCUT2D eigenvalue weighted by molar-refractivity contribution is 5.75. The van der Waals surface area contributed by atoms with E-state index in [2.05, 4.69) is 6.58 Å². The number of rotatable bonds is 4. The molecule has 134 valence electrons. The number of hydrogen-bond donors (Lipinski definition) is 0. The first-order chi connectivity index (χ1) is 12.2. The van der Waals surface area contributed by atoms with Crippen LogP contribution in [0.25, 0.3) is 0 Å². The molecule has 0 amide bonds. The number of hydrogen-bond acceptors (Lipinski definition) is 6. The molecule has 6 heteroatoms. The van der Waals surface area contributed by atoms with Gasteiger partial charge in [-0.2, -0.15) is 0 Å². The van der Waals surface area contributed by atoms with Gasteiger partial charge in [-0.25, -0.2) is 0 Å². The molecular weight excluding hydrogens is 324 g/mol. The van der Waals surface area contributed by atoms with Crippen LogP contribution in [-0.4, -0.2) is 44.3 Å². The zero-order valence-corrected chi connectivity index (χ0v) is 14.1. The topological polar surface area (TPSA) is 63.2 Å². The van der Waals surface area contributed by atoms with E-state index in [1.54, 1.807) is 13.2 Å². The second-order valence-electron chi connectivity index (χ2n) is 6.56. The van der Waals surface area contributed by atoms with E-state index in [4.69, 9.17) is 23.7 Å². The molecule has 4 rings (SSSR count). The van der Waals surface area contributed by atoms with Gasteiger partial charge in [0.2, 0.25) is 0 Å². The third kappa shape index (κ3) is 2.89. The molecule has 3 aliphatic heterocycles. The average molecular weight is 346 g/mol. The largest absolute Gasteiger partial charge is 0.459 e. The zero-order chi connectivity index (χ0) is 17.4. The van der Waals surface area contributed by atoms with Crippen LogP contribution in [0.4, 0.5) is 0 Å². The first-order valence-electron chi connectivity index (χ1n) is 8.54. The normalized spacial score (nSPS) is 40.0. The molecule has 0 bridgehead atoms. The lowest BCUT2D eigenvalue weighted by Crippen LogP contribution is -2.59. The van der Waals surface area contributed by atoms with Gasteiger partial charge < -0.3 is 23.7 Å². The van der Waals surface area contributed by atoms with Crippen LogP contribution in [-0.2, 0) is 28.5 Å². The number of carbonyl (C=O) groups is 1. The van der Waals surface area contributed by atoms with E-state index in [-0.39, 0.29) is 30.0 Å². The van der Waals surface area contributed by atoms with E-state index in [1.807, 2.05) is 30.3 Å². The number of esters is 1. The molecule has 1 aromatic rings. The maximum atomic E-state index is 12.4. The Morgan fingerprint density at radius 3 is 2.76 bits per heavy atom. The number of fused-ring (bicyclic) bond motifs is 3. The van der Waals surface area contributed by atoms with E-state index in [0.29, 0.717) is 13.0 Å². The molecule has 0 aromatic heterocycles. The molecule has 7 atom stereocenters. The van der Waals surface area contributed by atoms with Crippen LogP contribution in [0.15, 0.2) is 43.0 Å². The van der Waals surface area contributed by atoms with Gasteiger partial charge >= 0.3 is 5.97 Å². The molecule has 0 saturated carbocycles. The lowest BCUT2D eigenvalue weighted by atomic mass is 9.82. The van der Waals surface area contributed by atoms with Crippen molar-refractivity contribution in [3.8, 4) is 0 Å². The van der Waals surface area contributed by atoms with Gasteiger partial charge in [-0.15, -0.1) is 6.58 Å². The standard InChI is InChI=1S/C19H22O6/c1-3-7-12-14-16(24-17(12)20)15-13(23-19(14)21-2)10-22-18(25-15)11-8-5-4-6-9-11/h3-6,8-9,12-16,18-19H,1,7,10H2,2H3/t12-,13-,14-,15-,16+,18?,19+/m1/s1. The van der Waals surface area contributed by atoms with Crippen molar-refractivity contribution >= 4 is 5.97 Å². The van der Waals surface area contributed by atoms with Crippen LogP contribution in [0.5, 0.6) is 0 Å². The van der Waals surface area contributed by atoms with Crippen LogP contribution in [0.3, 0.4) is 0 Å². The summed E-state index contributed by atoms with van der Waals surface area (Å²) in [6.07, 6.45) is 0.113. The fourth-order valence-electron chi connectivity index (χ4n) is 3.96. The monoisotopic (exact) mass is 346 g/mol. The van der Waals surface area contributed by atoms with E-state index < -0.39 is 18.7 Å². The molecule has 1 unspecified atom stereocenters. The molecule has 3 fully saturated rings. The quantitative estimate of drug-likeness (QED) is 0.615. The Kier molecular flexibility index (Phi) is 4.60. The third-order valence-electron chi connectivity index (χ3n) is 5.13. The molecule has 6 nitrogen and oxygen atoms in total. The van der Waals surface area contributed by atoms with Crippen molar-refractivity contribution < 1.29 is 28.5 Å². The zero-order valence-electron chi connectivity index (χ0n) is 14.1. The summed E-state index contributed by atoms with van der Waals surface area (Å²) in [5, 5.41) is 0. The second-order valence-corrected chi connectivity index (χ2v) is 6.56. The lowest BCUT2D eigenvalue weighted by Gasteiger charge is -2.46.